The van der Waals surface area contributed by atoms with Gasteiger partial charge in [-0.05, 0) is 68.6 Å². The highest BCUT2D eigenvalue weighted by molar-refractivity contribution is 6.02. The molecular formula is C46H33N. The minimum absolute atomic E-state index is 1.11. The molecule has 0 unspecified atom stereocenters. The van der Waals surface area contributed by atoms with E-state index in [1.807, 2.05) is 0 Å². The molecule has 222 valence electrons. The van der Waals surface area contributed by atoms with E-state index in [4.69, 9.17) is 0 Å². The number of hydrogen-bond acceptors (Lipinski definition) is 1. The Morgan fingerprint density at radius 3 is 1.40 bits per heavy atom. The fourth-order valence-corrected chi connectivity index (χ4v) is 6.68. The van der Waals surface area contributed by atoms with Crippen LogP contribution in [0.4, 0.5) is 17.1 Å². The highest BCUT2D eigenvalue weighted by Gasteiger charge is 2.21. The molecule has 0 radical (unpaired) electrons. The zero-order chi connectivity index (χ0) is 31.4. The van der Waals surface area contributed by atoms with Gasteiger partial charge in [-0.3, -0.25) is 0 Å². The van der Waals surface area contributed by atoms with Crippen molar-refractivity contribution in [1.29, 1.82) is 0 Å². The Hall–Kier alpha value is -6.18. The summed E-state index contributed by atoms with van der Waals surface area (Å²) in [6.45, 7) is 0. The summed E-state index contributed by atoms with van der Waals surface area (Å²) in [6, 6.07) is 71.8. The summed E-state index contributed by atoms with van der Waals surface area (Å²) in [5, 5.41) is 2.42. The molecule has 0 aliphatic rings. The van der Waals surface area contributed by atoms with Gasteiger partial charge in [0.2, 0.25) is 0 Å². The van der Waals surface area contributed by atoms with Gasteiger partial charge in [0.25, 0.3) is 0 Å². The highest BCUT2D eigenvalue weighted by Crippen LogP contribution is 2.46. The van der Waals surface area contributed by atoms with Crippen molar-refractivity contribution in [2.45, 2.75) is 0 Å². The van der Waals surface area contributed by atoms with Crippen LogP contribution < -0.4 is 4.90 Å². The van der Waals surface area contributed by atoms with Crippen molar-refractivity contribution in [2.75, 3.05) is 4.90 Å². The maximum absolute atomic E-state index is 2.42. The first-order valence-electron chi connectivity index (χ1n) is 16.1. The van der Waals surface area contributed by atoms with Crippen LogP contribution in [0, 0.1) is 0 Å². The van der Waals surface area contributed by atoms with Crippen LogP contribution in [0.5, 0.6) is 0 Å². The summed E-state index contributed by atoms with van der Waals surface area (Å²) in [5.74, 6) is 0. The molecule has 0 amide bonds. The van der Waals surface area contributed by atoms with Crippen LogP contribution in [0.1, 0.15) is 0 Å². The SMILES string of the molecule is c1ccc(-c2ccc(N(c3ccccc3-c3ccccc3-c3ccccc3-c3ccccc3)c3cccc4ccccc34)cc2)cc1. The molecular weight excluding hydrogens is 567 g/mol. The third-order valence-corrected chi connectivity index (χ3v) is 8.90. The summed E-state index contributed by atoms with van der Waals surface area (Å²) >= 11 is 0. The van der Waals surface area contributed by atoms with Gasteiger partial charge in [0, 0.05) is 16.6 Å². The summed E-state index contributed by atoms with van der Waals surface area (Å²) in [4.78, 5) is 2.42. The van der Waals surface area contributed by atoms with Crippen molar-refractivity contribution < 1.29 is 0 Å². The van der Waals surface area contributed by atoms with E-state index in [9.17, 15) is 0 Å². The van der Waals surface area contributed by atoms with Gasteiger partial charge in [0.05, 0.1) is 11.4 Å². The fourth-order valence-electron chi connectivity index (χ4n) is 6.68. The summed E-state index contributed by atoms with van der Waals surface area (Å²) in [7, 11) is 0. The van der Waals surface area contributed by atoms with E-state index in [1.54, 1.807) is 0 Å². The molecule has 0 bridgehead atoms. The first-order chi connectivity index (χ1) is 23.3. The van der Waals surface area contributed by atoms with Gasteiger partial charge in [0.15, 0.2) is 0 Å². The largest absolute Gasteiger partial charge is 0.309 e. The molecule has 8 aromatic rings. The predicted molar refractivity (Wildman–Crippen MR) is 200 cm³/mol. The van der Waals surface area contributed by atoms with E-state index in [2.05, 4.69) is 205 Å². The van der Waals surface area contributed by atoms with Crippen LogP contribution in [0.25, 0.3) is 55.3 Å². The fraction of sp³-hybridized carbons (Fsp3) is 0. The molecule has 0 fully saturated rings. The Morgan fingerprint density at radius 1 is 0.255 bits per heavy atom. The maximum atomic E-state index is 2.42. The second-order valence-electron chi connectivity index (χ2n) is 11.7. The minimum atomic E-state index is 1.11. The van der Waals surface area contributed by atoms with Crippen LogP contribution in [-0.2, 0) is 0 Å². The Balaban J connectivity index is 1.34. The average Bonchev–Trinajstić information content (AvgIpc) is 3.16. The topological polar surface area (TPSA) is 3.24 Å². The standard InChI is InChI=1S/C46H33N/c1-3-16-34(17-4-1)35-30-32-38(33-31-35)47(45-29-15-21-37-20-7-8-23-40(37)45)46-28-14-13-27-44(46)43-26-12-11-25-42(43)41-24-10-9-22-39(41)36-18-5-2-6-19-36/h1-33H. The monoisotopic (exact) mass is 599 g/mol. The molecule has 0 aromatic heterocycles. The van der Waals surface area contributed by atoms with Gasteiger partial charge < -0.3 is 4.90 Å². The average molecular weight is 600 g/mol. The van der Waals surface area contributed by atoms with Crippen molar-refractivity contribution >= 4 is 27.8 Å². The third-order valence-electron chi connectivity index (χ3n) is 8.90. The number of para-hydroxylation sites is 1. The molecule has 0 N–H and O–H groups in total. The van der Waals surface area contributed by atoms with E-state index < -0.39 is 0 Å². The van der Waals surface area contributed by atoms with Crippen molar-refractivity contribution in [1.82, 2.24) is 0 Å². The summed E-state index contributed by atoms with van der Waals surface area (Å²) in [6.07, 6.45) is 0. The van der Waals surface area contributed by atoms with Crippen LogP contribution >= 0.6 is 0 Å². The molecule has 8 rings (SSSR count). The minimum Gasteiger partial charge on any atom is -0.309 e. The molecule has 8 aromatic carbocycles. The van der Waals surface area contributed by atoms with Crippen molar-refractivity contribution in [3.63, 3.8) is 0 Å². The highest BCUT2D eigenvalue weighted by atomic mass is 15.1. The molecule has 0 aliphatic heterocycles. The van der Waals surface area contributed by atoms with E-state index in [0.717, 1.165) is 17.1 Å². The number of anilines is 3. The van der Waals surface area contributed by atoms with Gasteiger partial charge >= 0.3 is 0 Å². The zero-order valence-corrected chi connectivity index (χ0v) is 26.0. The van der Waals surface area contributed by atoms with Gasteiger partial charge in [-0.15, -0.1) is 0 Å². The Morgan fingerprint density at radius 2 is 0.702 bits per heavy atom. The molecule has 0 aliphatic carbocycles. The first kappa shape index (κ1) is 28.3. The van der Waals surface area contributed by atoms with E-state index in [-0.39, 0.29) is 0 Å². The Labute approximate surface area is 276 Å². The predicted octanol–water partition coefficient (Wildman–Crippen LogP) is 13.0. The number of benzene rings is 8. The molecule has 0 spiro atoms. The Kier molecular flexibility index (Phi) is 7.63. The molecule has 1 heteroatoms. The van der Waals surface area contributed by atoms with Crippen molar-refractivity contribution in [2.24, 2.45) is 0 Å². The number of nitrogens with zero attached hydrogens (tertiary/aromatic N) is 1. The Bertz CT molecular complexity index is 2280. The lowest BCUT2D eigenvalue weighted by molar-refractivity contribution is 1.30. The number of hydrogen-bond donors (Lipinski definition) is 0. The lowest BCUT2D eigenvalue weighted by Crippen LogP contribution is -2.12. The third kappa shape index (κ3) is 5.49. The number of fused-ring (bicyclic) bond motifs is 1. The second kappa shape index (κ2) is 12.7. The molecule has 47 heavy (non-hydrogen) atoms. The lowest BCUT2D eigenvalue weighted by atomic mass is 9.88. The lowest BCUT2D eigenvalue weighted by Gasteiger charge is -2.29. The van der Waals surface area contributed by atoms with Gasteiger partial charge in [-0.2, -0.15) is 0 Å². The van der Waals surface area contributed by atoms with E-state index >= 15 is 0 Å². The molecule has 0 atom stereocenters. The zero-order valence-electron chi connectivity index (χ0n) is 26.0. The number of rotatable bonds is 7. The molecule has 0 heterocycles. The molecule has 1 nitrogen and oxygen atoms in total. The quantitative estimate of drug-likeness (QED) is 0.176. The summed E-state index contributed by atoms with van der Waals surface area (Å²) in [5.41, 5.74) is 13.0. The smallest absolute Gasteiger partial charge is 0.0540 e. The van der Waals surface area contributed by atoms with Crippen LogP contribution in [0.2, 0.25) is 0 Å². The van der Waals surface area contributed by atoms with Crippen LogP contribution in [0.15, 0.2) is 200 Å². The second-order valence-corrected chi connectivity index (χ2v) is 11.7. The molecule has 0 saturated carbocycles. The van der Waals surface area contributed by atoms with Gasteiger partial charge in [0.1, 0.15) is 0 Å². The van der Waals surface area contributed by atoms with Gasteiger partial charge in [-0.25, -0.2) is 0 Å². The maximum Gasteiger partial charge on any atom is 0.0540 e. The normalized spacial score (nSPS) is 11.0. The van der Waals surface area contributed by atoms with E-state index in [1.165, 1.54) is 55.3 Å². The van der Waals surface area contributed by atoms with Crippen molar-refractivity contribution in [3.8, 4) is 44.5 Å². The van der Waals surface area contributed by atoms with Crippen molar-refractivity contribution in [3.05, 3.63) is 200 Å². The van der Waals surface area contributed by atoms with Gasteiger partial charge in [-0.1, -0.05) is 176 Å². The van der Waals surface area contributed by atoms with Crippen LogP contribution in [0.3, 0.4) is 0 Å². The molecule has 0 saturated heterocycles. The summed E-state index contributed by atoms with van der Waals surface area (Å²) < 4.78 is 0. The first-order valence-corrected chi connectivity index (χ1v) is 16.1. The van der Waals surface area contributed by atoms with Crippen LogP contribution in [-0.4, -0.2) is 0 Å². The van der Waals surface area contributed by atoms with E-state index in [0.29, 0.717) is 0 Å².